The lowest BCUT2D eigenvalue weighted by Crippen LogP contribution is -2.26. The maximum Gasteiger partial charge on any atom is 0.138 e. The van der Waals surface area contributed by atoms with Crippen molar-refractivity contribution in [3.63, 3.8) is 0 Å². The topological polar surface area (TPSA) is 49.8 Å². The number of nitrogens with zero attached hydrogens (tertiary/aromatic N) is 2. The summed E-state index contributed by atoms with van der Waals surface area (Å²) in [5, 5.41) is 6.94. The lowest BCUT2D eigenvalue weighted by molar-refractivity contribution is 0.491. The summed E-state index contributed by atoms with van der Waals surface area (Å²) in [4.78, 5) is 9.48. The Balaban J connectivity index is 3.20. The van der Waals surface area contributed by atoms with Crippen LogP contribution in [0.3, 0.4) is 0 Å². The Hall–Kier alpha value is -1.32. The fourth-order valence-corrected chi connectivity index (χ4v) is 2.04. The van der Waals surface area contributed by atoms with Crippen LogP contribution in [0.1, 0.15) is 66.3 Å². The molecule has 1 heterocycles. The third-order valence-corrected chi connectivity index (χ3v) is 4.02. The summed E-state index contributed by atoms with van der Waals surface area (Å²) >= 11 is 0. The van der Waals surface area contributed by atoms with Gasteiger partial charge >= 0.3 is 0 Å². The van der Waals surface area contributed by atoms with Crippen molar-refractivity contribution in [2.45, 2.75) is 73.3 Å². The molecule has 1 rings (SSSR count). The van der Waals surface area contributed by atoms with Gasteiger partial charge in [0.05, 0.1) is 0 Å². The van der Waals surface area contributed by atoms with E-state index in [1.807, 2.05) is 0 Å². The minimum Gasteiger partial charge on any atom is -0.370 e. The van der Waals surface area contributed by atoms with Gasteiger partial charge in [-0.15, -0.1) is 0 Å². The molecule has 4 nitrogen and oxygen atoms in total. The molecule has 2 N–H and O–H groups in total. The highest BCUT2D eigenvalue weighted by Crippen LogP contribution is 2.27. The van der Waals surface area contributed by atoms with Gasteiger partial charge < -0.3 is 10.6 Å². The van der Waals surface area contributed by atoms with E-state index in [1.165, 1.54) is 0 Å². The Morgan fingerprint density at radius 3 is 2.10 bits per heavy atom. The van der Waals surface area contributed by atoms with Crippen LogP contribution in [0, 0.1) is 12.8 Å². The molecule has 2 atom stereocenters. The first-order valence-electron chi connectivity index (χ1n) is 8.10. The molecule has 0 amide bonds. The predicted octanol–water partition coefficient (Wildman–Crippen LogP) is 4.36. The second-order valence-electron chi connectivity index (χ2n) is 6.97. The molecular weight excluding hydrogens is 260 g/mol. The van der Waals surface area contributed by atoms with Crippen molar-refractivity contribution in [2.75, 3.05) is 17.2 Å². The van der Waals surface area contributed by atoms with Gasteiger partial charge in [-0.3, -0.25) is 0 Å². The van der Waals surface area contributed by atoms with Gasteiger partial charge in [-0.1, -0.05) is 41.0 Å². The van der Waals surface area contributed by atoms with Crippen LogP contribution in [0.4, 0.5) is 11.6 Å². The standard InChI is InChI=1S/C17H32N4/c1-9-11(3)13(5)19-15-12(4)14(18-10-2)20-16(21-15)17(6,7)8/h11,13H,9-10H2,1-8H3,(H2,18,19,20,21). The molecule has 0 aliphatic heterocycles. The first-order valence-corrected chi connectivity index (χ1v) is 8.10. The molecular formula is C17H32N4. The van der Waals surface area contributed by atoms with Gasteiger partial charge in [-0.2, -0.15) is 0 Å². The SMILES string of the molecule is CCNc1nc(C(C)(C)C)nc(NC(C)C(C)CC)c1C. The van der Waals surface area contributed by atoms with E-state index >= 15 is 0 Å². The third kappa shape index (κ3) is 4.58. The fraction of sp³-hybridized carbons (Fsp3) is 0.765. The largest absolute Gasteiger partial charge is 0.370 e. The van der Waals surface area contributed by atoms with Crippen LogP contribution in [-0.4, -0.2) is 22.6 Å². The Kier molecular flexibility index (Phi) is 5.99. The van der Waals surface area contributed by atoms with E-state index in [2.05, 4.69) is 66.0 Å². The van der Waals surface area contributed by atoms with Gasteiger partial charge in [0.15, 0.2) is 0 Å². The first kappa shape index (κ1) is 17.7. The van der Waals surface area contributed by atoms with Crippen molar-refractivity contribution in [3.8, 4) is 0 Å². The number of anilines is 2. The number of hydrogen-bond acceptors (Lipinski definition) is 4. The number of hydrogen-bond donors (Lipinski definition) is 2. The summed E-state index contributed by atoms with van der Waals surface area (Å²) in [6.07, 6.45) is 1.16. The van der Waals surface area contributed by atoms with E-state index in [0.29, 0.717) is 12.0 Å². The maximum atomic E-state index is 4.78. The van der Waals surface area contributed by atoms with Gasteiger partial charge in [-0.25, -0.2) is 9.97 Å². The van der Waals surface area contributed by atoms with Crippen molar-refractivity contribution >= 4 is 11.6 Å². The molecule has 0 saturated heterocycles. The lowest BCUT2D eigenvalue weighted by atomic mass is 9.95. The summed E-state index contributed by atoms with van der Waals surface area (Å²) in [7, 11) is 0. The van der Waals surface area contributed by atoms with Crippen molar-refractivity contribution in [1.82, 2.24) is 9.97 Å². The zero-order valence-corrected chi connectivity index (χ0v) is 15.0. The van der Waals surface area contributed by atoms with Crippen LogP contribution < -0.4 is 10.6 Å². The number of nitrogens with one attached hydrogen (secondary N) is 2. The fourth-order valence-electron chi connectivity index (χ4n) is 2.04. The van der Waals surface area contributed by atoms with Gasteiger partial charge in [0.25, 0.3) is 0 Å². The average Bonchev–Trinajstić information content (AvgIpc) is 2.40. The van der Waals surface area contributed by atoms with E-state index in [0.717, 1.165) is 36.0 Å². The van der Waals surface area contributed by atoms with E-state index in [9.17, 15) is 0 Å². The molecule has 1 aromatic rings. The summed E-state index contributed by atoms with van der Waals surface area (Å²) < 4.78 is 0. The summed E-state index contributed by atoms with van der Waals surface area (Å²) in [6, 6.07) is 0.394. The summed E-state index contributed by atoms with van der Waals surface area (Å²) in [6.45, 7) is 18.2. The molecule has 0 saturated carbocycles. The monoisotopic (exact) mass is 292 g/mol. The summed E-state index contributed by atoms with van der Waals surface area (Å²) in [5.41, 5.74) is 1.04. The highest BCUT2D eigenvalue weighted by molar-refractivity contribution is 5.58. The van der Waals surface area contributed by atoms with Crippen molar-refractivity contribution < 1.29 is 0 Å². The molecule has 0 radical (unpaired) electrons. The minimum atomic E-state index is -0.0616. The third-order valence-electron chi connectivity index (χ3n) is 4.02. The van der Waals surface area contributed by atoms with E-state index in [1.54, 1.807) is 0 Å². The van der Waals surface area contributed by atoms with Crippen LogP contribution in [-0.2, 0) is 5.41 Å². The molecule has 120 valence electrons. The quantitative estimate of drug-likeness (QED) is 0.818. The zero-order chi connectivity index (χ0) is 16.2. The Morgan fingerprint density at radius 2 is 1.62 bits per heavy atom. The van der Waals surface area contributed by atoms with Crippen LogP contribution >= 0.6 is 0 Å². The van der Waals surface area contributed by atoms with Crippen LogP contribution in [0.2, 0.25) is 0 Å². The van der Waals surface area contributed by atoms with E-state index < -0.39 is 0 Å². The second kappa shape index (κ2) is 7.10. The highest BCUT2D eigenvalue weighted by Gasteiger charge is 2.22. The van der Waals surface area contributed by atoms with Crippen LogP contribution in [0.5, 0.6) is 0 Å². The molecule has 1 aromatic heterocycles. The molecule has 0 aliphatic rings. The zero-order valence-electron chi connectivity index (χ0n) is 15.0. The van der Waals surface area contributed by atoms with Crippen molar-refractivity contribution in [2.24, 2.45) is 5.92 Å². The first-order chi connectivity index (χ1) is 9.70. The maximum absolute atomic E-state index is 4.78. The Bertz CT molecular complexity index is 463. The molecule has 2 unspecified atom stereocenters. The number of aromatic nitrogens is 2. The smallest absolute Gasteiger partial charge is 0.138 e. The molecule has 4 heteroatoms. The average molecular weight is 292 g/mol. The van der Waals surface area contributed by atoms with Crippen molar-refractivity contribution in [3.05, 3.63) is 11.4 Å². The Morgan fingerprint density at radius 1 is 1.05 bits per heavy atom. The molecule has 0 bridgehead atoms. The lowest BCUT2D eigenvalue weighted by Gasteiger charge is -2.25. The van der Waals surface area contributed by atoms with Gasteiger partial charge in [0.2, 0.25) is 0 Å². The van der Waals surface area contributed by atoms with E-state index in [4.69, 9.17) is 9.97 Å². The highest BCUT2D eigenvalue weighted by atomic mass is 15.1. The summed E-state index contributed by atoms with van der Waals surface area (Å²) in [5.74, 6) is 3.39. The van der Waals surface area contributed by atoms with Gasteiger partial charge in [0, 0.05) is 23.6 Å². The van der Waals surface area contributed by atoms with E-state index in [-0.39, 0.29) is 5.41 Å². The molecule has 0 aromatic carbocycles. The number of rotatable bonds is 6. The minimum absolute atomic E-state index is 0.0616. The Labute approximate surface area is 130 Å². The molecule has 0 aliphatic carbocycles. The molecule has 0 spiro atoms. The second-order valence-corrected chi connectivity index (χ2v) is 6.97. The molecule has 21 heavy (non-hydrogen) atoms. The van der Waals surface area contributed by atoms with Crippen LogP contribution in [0.15, 0.2) is 0 Å². The normalized spacial score (nSPS) is 14.7. The van der Waals surface area contributed by atoms with Crippen LogP contribution in [0.25, 0.3) is 0 Å². The van der Waals surface area contributed by atoms with Gasteiger partial charge in [-0.05, 0) is 26.7 Å². The van der Waals surface area contributed by atoms with Gasteiger partial charge in [0.1, 0.15) is 17.5 Å². The molecule has 0 fully saturated rings. The van der Waals surface area contributed by atoms with Crippen molar-refractivity contribution in [1.29, 1.82) is 0 Å². The predicted molar refractivity (Wildman–Crippen MR) is 92.2 cm³/mol.